The highest BCUT2D eigenvalue weighted by molar-refractivity contribution is 7.90. The molecule has 0 radical (unpaired) electrons. The highest BCUT2D eigenvalue weighted by Gasteiger charge is 2.26. The van der Waals surface area contributed by atoms with Gasteiger partial charge in [0.05, 0.1) is 5.69 Å². The Morgan fingerprint density at radius 3 is 2.57 bits per heavy atom. The third kappa shape index (κ3) is 1.72. The van der Waals surface area contributed by atoms with E-state index < -0.39 is 9.84 Å². The van der Waals surface area contributed by atoms with Crippen molar-refractivity contribution in [3.63, 3.8) is 0 Å². The summed E-state index contributed by atoms with van der Waals surface area (Å²) >= 11 is 0. The van der Waals surface area contributed by atoms with E-state index in [0.29, 0.717) is 5.92 Å². The van der Waals surface area contributed by atoms with Crippen molar-refractivity contribution in [1.82, 2.24) is 4.98 Å². The molecule has 0 bridgehead atoms. The molecule has 0 saturated heterocycles. The standard InChI is InChI=1S/C9H12N2O2S/c1-14(12,13)9-7(10)4-5-8(11-9)6-2-3-6/h4-6H,2-3,10H2,1H3. The number of sulfone groups is 1. The zero-order valence-electron chi connectivity index (χ0n) is 7.90. The summed E-state index contributed by atoms with van der Waals surface area (Å²) in [5.74, 6) is 0.441. The van der Waals surface area contributed by atoms with E-state index in [1.165, 1.54) is 0 Å². The van der Waals surface area contributed by atoms with Gasteiger partial charge in [-0.15, -0.1) is 0 Å². The number of rotatable bonds is 2. The Morgan fingerprint density at radius 1 is 1.43 bits per heavy atom. The summed E-state index contributed by atoms with van der Waals surface area (Å²) in [5, 5.41) is 0.0156. The van der Waals surface area contributed by atoms with Crippen molar-refractivity contribution < 1.29 is 8.42 Å². The number of pyridine rings is 1. The van der Waals surface area contributed by atoms with Gasteiger partial charge in [-0.3, -0.25) is 0 Å². The van der Waals surface area contributed by atoms with Crippen LogP contribution in [0.3, 0.4) is 0 Å². The fourth-order valence-corrected chi connectivity index (χ4v) is 2.14. The minimum absolute atomic E-state index is 0.0156. The zero-order valence-corrected chi connectivity index (χ0v) is 8.71. The largest absolute Gasteiger partial charge is 0.396 e. The Morgan fingerprint density at radius 2 is 2.07 bits per heavy atom. The average molecular weight is 212 g/mol. The molecule has 4 nitrogen and oxygen atoms in total. The van der Waals surface area contributed by atoms with Crippen molar-refractivity contribution in [2.75, 3.05) is 12.0 Å². The molecule has 0 aromatic carbocycles. The van der Waals surface area contributed by atoms with Gasteiger partial charge < -0.3 is 5.73 Å². The maximum atomic E-state index is 11.3. The van der Waals surface area contributed by atoms with Crippen LogP contribution in [0.4, 0.5) is 5.69 Å². The number of nitrogens with two attached hydrogens (primary N) is 1. The Bertz CT molecular complexity index is 464. The Hall–Kier alpha value is -1.10. The van der Waals surface area contributed by atoms with Gasteiger partial charge in [-0.2, -0.15) is 0 Å². The summed E-state index contributed by atoms with van der Waals surface area (Å²) in [6.07, 6.45) is 3.32. The molecule has 1 aromatic heterocycles. The monoisotopic (exact) mass is 212 g/mol. The van der Waals surface area contributed by atoms with E-state index >= 15 is 0 Å². The van der Waals surface area contributed by atoms with Crippen LogP contribution in [0.2, 0.25) is 0 Å². The molecule has 0 spiro atoms. The van der Waals surface area contributed by atoms with Crippen LogP contribution in [-0.4, -0.2) is 19.7 Å². The molecule has 1 fully saturated rings. The number of nitrogens with zero attached hydrogens (tertiary/aromatic N) is 1. The van der Waals surface area contributed by atoms with E-state index in [9.17, 15) is 8.42 Å². The summed E-state index contributed by atoms with van der Waals surface area (Å²) in [7, 11) is -3.30. The lowest BCUT2D eigenvalue weighted by atomic mass is 10.2. The summed E-state index contributed by atoms with van der Waals surface area (Å²) < 4.78 is 22.6. The average Bonchev–Trinajstić information content (AvgIpc) is 2.85. The molecule has 0 amide bonds. The highest BCUT2D eigenvalue weighted by atomic mass is 32.2. The molecular weight excluding hydrogens is 200 g/mol. The quantitative estimate of drug-likeness (QED) is 0.792. The summed E-state index contributed by atoms with van der Waals surface area (Å²) in [4.78, 5) is 4.09. The molecule has 1 aliphatic rings. The molecule has 2 N–H and O–H groups in total. The summed E-state index contributed by atoms with van der Waals surface area (Å²) in [6.45, 7) is 0. The van der Waals surface area contributed by atoms with E-state index in [2.05, 4.69) is 4.98 Å². The molecule has 1 aromatic rings. The number of nitrogen functional groups attached to an aromatic ring is 1. The first-order valence-electron chi connectivity index (χ1n) is 4.45. The summed E-state index contributed by atoms with van der Waals surface area (Å²) in [5.41, 5.74) is 6.63. The van der Waals surface area contributed by atoms with Crippen LogP contribution in [0.15, 0.2) is 17.2 Å². The van der Waals surface area contributed by atoms with E-state index in [-0.39, 0.29) is 10.7 Å². The second-order valence-corrected chi connectivity index (χ2v) is 5.61. The molecule has 14 heavy (non-hydrogen) atoms. The third-order valence-corrected chi connectivity index (χ3v) is 3.29. The van der Waals surface area contributed by atoms with Gasteiger partial charge in [0.25, 0.3) is 0 Å². The lowest BCUT2D eigenvalue weighted by Gasteiger charge is -2.04. The van der Waals surface area contributed by atoms with Crippen LogP contribution in [0, 0.1) is 0 Å². The normalized spacial score (nSPS) is 16.9. The minimum atomic E-state index is -3.30. The lowest BCUT2D eigenvalue weighted by Crippen LogP contribution is -2.06. The van der Waals surface area contributed by atoms with Gasteiger partial charge in [-0.25, -0.2) is 13.4 Å². The molecule has 1 aliphatic carbocycles. The zero-order chi connectivity index (χ0) is 10.3. The Kier molecular flexibility index (Phi) is 1.99. The maximum Gasteiger partial charge on any atom is 0.194 e. The topological polar surface area (TPSA) is 73.0 Å². The maximum absolute atomic E-state index is 11.3. The predicted molar refractivity (Wildman–Crippen MR) is 53.7 cm³/mol. The van der Waals surface area contributed by atoms with Crippen molar-refractivity contribution in [2.24, 2.45) is 0 Å². The molecular formula is C9H12N2O2S. The van der Waals surface area contributed by atoms with Crippen LogP contribution in [0.1, 0.15) is 24.5 Å². The van der Waals surface area contributed by atoms with Gasteiger partial charge in [-0.05, 0) is 25.0 Å². The van der Waals surface area contributed by atoms with Crippen LogP contribution in [0.25, 0.3) is 0 Å². The smallest absolute Gasteiger partial charge is 0.194 e. The van der Waals surface area contributed by atoms with E-state index in [4.69, 9.17) is 5.73 Å². The van der Waals surface area contributed by atoms with Crippen molar-refractivity contribution in [2.45, 2.75) is 23.8 Å². The number of anilines is 1. The van der Waals surface area contributed by atoms with Crippen molar-refractivity contribution >= 4 is 15.5 Å². The number of hydrogen-bond donors (Lipinski definition) is 1. The van der Waals surface area contributed by atoms with Crippen LogP contribution in [0.5, 0.6) is 0 Å². The Labute approximate surface area is 83.1 Å². The van der Waals surface area contributed by atoms with E-state index in [1.54, 1.807) is 6.07 Å². The molecule has 76 valence electrons. The number of aromatic nitrogens is 1. The van der Waals surface area contributed by atoms with E-state index in [0.717, 1.165) is 24.8 Å². The highest BCUT2D eigenvalue weighted by Crippen LogP contribution is 2.39. The first kappa shape index (κ1) is 9.45. The Balaban J connectivity index is 2.52. The van der Waals surface area contributed by atoms with Crippen molar-refractivity contribution in [3.05, 3.63) is 17.8 Å². The second-order valence-electron chi connectivity index (χ2n) is 3.68. The molecule has 5 heteroatoms. The fraction of sp³-hybridized carbons (Fsp3) is 0.444. The molecule has 1 saturated carbocycles. The van der Waals surface area contributed by atoms with Gasteiger partial charge >= 0.3 is 0 Å². The van der Waals surface area contributed by atoms with Crippen molar-refractivity contribution in [3.8, 4) is 0 Å². The minimum Gasteiger partial charge on any atom is -0.396 e. The molecule has 1 heterocycles. The van der Waals surface area contributed by atoms with Crippen LogP contribution in [-0.2, 0) is 9.84 Å². The third-order valence-electron chi connectivity index (χ3n) is 2.26. The molecule has 2 rings (SSSR count). The molecule has 0 aliphatic heterocycles. The van der Waals surface area contributed by atoms with Crippen LogP contribution >= 0.6 is 0 Å². The van der Waals surface area contributed by atoms with Gasteiger partial charge in [0.1, 0.15) is 0 Å². The first-order valence-corrected chi connectivity index (χ1v) is 6.34. The first-order chi connectivity index (χ1) is 6.48. The SMILES string of the molecule is CS(=O)(=O)c1nc(C2CC2)ccc1N. The van der Waals surface area contributed by atoms with Gasteiger partial charge in [0.15, 0.2) is 14.9 Å². The van der Waals surface area contributed by atoms with Gasteiger partial charge in [0.2, 0.25) is 0 Å². The number of hydrogen-bond acceptors (Lipinski definition) is 4. The molecule has 0 unspecified atom stereocenters. The molecule has 0 atom stereocenters. The lowest BCUT2D eigenvalue weighted by molar-refractivity contribution is 0.598. The van der Waals surface area contributed by atoms with Crippen molar-refractivity contribution in [1.29, 1.82) is 0 Å². The second kappa shape index (κ2) is 2.95. The summed E-state index contributed by atoms with van der Waals surface area (Å²) in [6, 6.07) is 3.43. The van der Waals surface area contributed by atoms with E-state index in [1.807, 2.05) is 6.07 Å². The predicted octanol–water partition coefficient (Wildman–Crippen LogP) is 0.945. The fourth-order valence-electron chi connectivity index (χ4n) is 1.37. The van der Waals surface area contributed by atoms with Crippen LogP contribution < -0.4 is 5.73 Å². The van der Waals surface area contributed by atoms with Gasteiger partial charge in [0, 0.05) is 17.9 Å². The van der Waals surface area contributed by atoms with Gasteiger partial charge in [-0.1, -0.05) is 0 Å².